The second kappa shape index (κ2) is 6.64. The van der Waals surface area contributed by atoms with Crippen LogP contribution < -0.4 is 10.6 Å². The monoisotopic (exact) mass is 323 g/mol. The number of halogens is 1. The van der Waals surface area contributed by atoms with Crippen molar-refractivity contribution in [1.82, 2.24) is 4.90 Å². The molecule has 0 bridgehead atoms. The van der Waals surface area contributed by atoms with Crippen molar-refractivity contribution in [1.29, 1.82) is 0 Å². The zero-order valence-electron chi connectivity index (χ0n) is 14.3. The Morgan fingerprint density at radius 1 is 1.39 bits per heavy atom. The Hall–Kier alpha value is -1.98. The molecule has 1 amide bonds. The zero-order chi connectivity index (χ0) is 17.2. The Labute approximate surface area is 137 Å². The van der Waals surface area contributed by atoms with E-state index in [-0.39, 0.29) is 18.0 Å². The molecular weight excluding hydrogens is 297 g/mol. The highest BCUT2D eigenvalue weighted by Gasteiger charge is 2.32. The average molecular weight is 323 g/mol. The van der Waals surface area contributed by atoms with E-state index in [2.05, 4.69) is 0 Å². The highest BCUT2D eigenvalue weighted by Crippen LogP contribution is 2.27. The van der Waals surface area contributed by atoms with Crippen LogP contribution in [0.2, 0.25) is 0 Å². The third kappa shape index (κ3) is 4.27. The van der Waals surface area contributed by atoms with E-state index in [0.29, 0.717) is 31.0 Å². The number of hydrogen-bond acceptors (Lipinski definition) is 4. The summed E-state index contributed by atoms with van der Waals surface area (Å²) in [5.41, 5.74) is 6.05. The second-order valence-corrected chi connectivity index (χ2v) is 6.89. The summed E-state index contributed by atoms with van der Waals surface area (Å²) in [6.07, 6.45) is 0.497. The number of carbonyl (C=O) groups is 1. The summed E-state index contributed by atoms with van der Waals surface area (Å²) in [4.78, 5) is 15.9. The van der Waals surface area contributed by atoms with Crippen molar-refractivity contribution < 1.29 is 13.9 Å². The summed E-state index contributed by atoms with van der Waals surface area (Å²) in [5, 5.41) is 0. The highest BCUT2D eigenvalue weighted by atomic mass is 19.1. The van der Waals surface area contributed by atoms with Crippen LogP contribution in [-0.4, -0.2) is 42.3 Å². The van der Waals surface area contributed by atoms with Gasteiger partial charge in [-0.2, -0.15) is 0 Å². The van der Waals surface area contributed by atoms with E-state index in [1.54, 1.807) is 17.0 Å². The van der Waals surface area contributed by atoms with E-state index >= 15 is 0 Å². The summed E-state index contributed by atoms with van der Waals surface area (Å²) in [7, 11) is 0. The predicted molar refractivity (Wildman–Crippen MR) is 90.0 cm³/mol. The van der Waals surface area contributed by atoms with E-state index in [1.807, 2.05) is 32.6 Å². The van der Waals surface area contributed by atoms with Gasteiger partial charge in [-0.3, -0.25) is 0 Å². The molecular formula is C17H26FN3O2. The molecule has 1 unspecified atom stereocenters. The maximum Gasteiger partial charge on any atom is 0.410 e. The summed E-state index contributed by atoms with van der Waals surface area (Å²) in [6.45, 7) is 9.18. The van der Waals surface area contributed by atoms with Crippen molar-refractivity contribution in [3.05, 3.63) is 24.0 Å². The lowest BCUT2D eigenvalue weighted by Gasteiger charge is -2.42. The Kier molecular flexibility index (Phi) is 5.02. The van der Waals surface area contributed by atoms with Crippen LogP contribution in [-0.2, 0) is 4.74 Å². The lowest BCUT2D eigenvalue weighted by Crippen LogP contribution is -2.55. The van der Waals surface area contributed by atoms with Crippen LogP contribution in [0.3, 0.4) is 0 Å². The number of rotatable bonds is 2. The van der Waals surface area contributed by atoms with E-state index in [0.717, 1.165) is 6.42 Å². The molecule has 23 heavy (non-hydrogen) atoms. The third-order valence-electron chi connectivity index (χ3n) is 3.89. The van der Waals surface area contributed by atoms with Crippen molar-refractivity contribution in [3.63, 3.8) is 0 Å². The minimum Gasteiger partial charge on any atom is -0.444 e. The molecule has 1 aromatic carbocycles. The molecule has 1 aromatic rings. The number of nitrogens with two attached hydrogens (primary N) is 1. The molecule has 0 aromatic heterocycles. The average Bonchev–Trinajstić information content (AvgIpc) is 2.45. The molecule has 6 heteroatoms. The molecule has 0 aliphatic carbocycles. The summed E-state index contributed by atoms with van der Waals surface area (Å²) >= 11 is 0. The molecule has 1 fully saturated rings. The molecule has 1 aliphatic rings. The topological polar surface area (TPSA) is 58.8 Å². The van der Waals surface area contributed by atoms with Crippen LogP contribution in [0, 0.1) is 5.82 Å². The van der Waals surface area contributed by atoms with Crippen LogP contribution in [0.25, 0.3) is 0 Å². The van der Waals surface area contributed by atoms with Gasteiger partial charge in [0.15, 0.2) is 0 Å². The minimum absolute atomic E-state index is 0.0504. The Morgan fingerprint density at radius 2 is 2.09 bits per heavy atom. The van der Waals surface area contributed by atoms with E-state index < -0.39 is 5.60 Å². The molecule has 1 heterocycles. The number of amides is 1. The fraction of sp³-hybridized carbons (Fsp3) is 0.588. The lowest BCUT2D eigenvalue weighted by atomic mass is 10.1. The summed E-state index contributed by atoms with van der Waals surface area (Å²) in [6, 6.07) is 4.79. The molecule has 1 atom stereocenters. The Bertz CT molecular complexity index is 571. The normalized spacial score (nSPS) is 18.9. The van der Waals surface area contributed by atoms with E-state index in [1.165, 1.54) is 6.07 Å². The molecule has 0 radical (unpaired) electrons. The summed E-state index contributed by atoms with van der Waals surface area (Å²) in [5.74, 6) is -0.325. The van der Waals surface area contributed by atoms with Crippen LogP contribution in [0.15, 0.2) is 18.2 Å². The van der Waals surface area contributed by atoms with Gasteiger partial charge in [-0.1, -0.05) is 6.92 Å². The Morgan fingerprint density at radius 3 is 2.65 bits per heavy atom. The van der Waals surface area contributed by atoms with Crippen molar-refractivity contribution in [2.24, 2.45) is 0 Å². The van der Waals surface area contributed by atoms with Crippen LogP contribution in [0.4, 0.5) is 20.6 Å². The van der Waals surface area contributed by atoms with Crippen LogP contribution in [0.5, 0.6) is 0 Å². The molecule has 0 spiro atoms. The van der Waals surface area contributed by atoms with E-state index in [4.69, 9.17) is 10.5 Å². The standard InChI is InChI=1S/C17H26FN3O2/c1-5-13-11-20(16(22)23-17(2,3)4)8-9-21(13)15-7-6-12(19)10-14(15)18/h6-7,10,13H,5,8-9,11,19H2,1-4H3. The first-order valence-corrected chi connectivity index (χ1v) is 8.01. The van der Waals surface area contributed by atoms with Crippen LogP contribution in [0.1, 0.15) is 34.1 Å². The van der Waals surface area contributed by atoms with Gasteiger partial charge in [-0.05, 0) is 45.4 Å². The number of nitrogens with zero attached hydrogens (tertiary/aromatic N) is 2. The number of benzene rings is 1. The van der Waals surface area contributed by atoms with Crippen molar-refractivity contribution in [3.8, 4) is 0 Å². The zero-order valence-corrected chi connectivity index (χ0v) is 14.3. The fourth-order valence-corrected chi connectivity index (χ4v) is 2.77. The first-order valence-electron chi connectivity index (χ1n) is 8.01. The molecule has 0 saturated carbocycles. The van der Waals surface area contributed by atoms with Gasteiger partial charge in [-0.15, -0.1) is 0 Å². The maximum absolute atomic E-state index is 14.2. The van der Waals surface area contributed by atoms with Gasteiger partial charge in [0.25, 0.3) is 0 Å². The van der Waals surface area contributed by atoms with Crippen molar-refractivity contribution >= 4 is 17.5 Å². The number of anilines is 2. The first-order chi connectivity index (χ1) is 10.7. The number of hydrogen-bond donors (Lipinski definition) is 1. The van der Waals surface area contributed by atoms with Gasteiger partial charge in [-0.25, -0.2) is 9.18 Å². The van der Waals surface area contributed by atoms with Gasteiger partial charge in [0, 0.05) is 31.4 Å². The van der Waals surface area contributed by atoms with E-state index in [9.17, 15) is 9.18 Å². The first kappa shape index (κ1) is 17.4. The quantitative estimate of drug-likeness (QED) is 0.849. The predicted octanol–water partition coefficient (Wildman–Crippen LogP) is 3.24. The van der Waals surface area contributed by atoms with Gasteiger partial charge in [0.2, 0.25) is 0 Å². The van der Waals surface area contributed by atoms with Crippen molar-refractivity contribution in [2.45, 2.75) is 45.8 Å². The lowest BCUT2D eigenvalue weighted by molar-refractivity contribution is 0.0213. The maximum atomic E-state index is 14.2. The smallest absolute Gasteiger partial charge is 0.410 e. The summed E-state index contributed by atoms with van der Waals surface area (Å²) < 4.78 is 19.6. The Balaban J connectivity index is 2.11. The van der Waals surface area contributed by atoms with Gasteiger partial charge >= 0.3 is 6.09 Å². The molecule has 2 N–H and O–H groups in total. The number of nitrogen functional groups attached to an aromatic ring is 1. The fourth-order valence-electron chi connectivity index (χ4n) is 2.77. The van der Waals surface area contributed by atoms with Crippen molar-refractivity contribution in [2.75, 3.05) is 30.3 Å². The largest absolute Gasteiger partial charge is 0.444 e. The molecule has 1 saturated heterocycles. The molecule has 2 rings (SSSR count). The third-order valence-corrected chi connectivity index (χ3v) is 3.89. The molecule has 128 valence electrons. The van der Waals surface area contributed by atoms with Gasteiger partial charge < -0.3 is 20.3 Å². The number of carbonyl (C=O) groups excluding carboxylic acids is 1. The SMILES string of the molecule is CCC1CN(C(=O)OC(C)(C)C)CCN1c1ccc(N)cc1F. The molecule has 5 nitrogen and oxygen atoms in total. The second-order valence-electron chi connectivity index (χ2n) is 6.89. The highest BCUT2D eigenvalue weighted by molar-refractivity contribution is 5.69. The van der Waals surface area contributed by atoms with Gasteiger partial charge in [0.05, 0.1) is 5.69 Å². The number of piperazine rings is 1. The number of ether oxygens (including phenoxy) is 1. The minimum atomic E-state index is -0.515. The van der Waals surface area contributed by atoms with Crippen LogP contribution >= 0.6 is 0 Å². The molecule has 1 aliphatic heterocycles. The van der Waals surface area contributed by atoms with Gasteiger partial charge in [0.1, 0.15) is 11.4 Å².